The Hall–Kier alpha value is -0.960. The summed E-state index contributed by atoms with van der Waals surface area (Å²) in [7, 11) is -0.702. The van der Waals surface area contributed by atoms with Crippen LogP contribution in [0.25, 0.3) is 0 Å². The molecule has 1 rings (SSSR count). The van der Waals surface area contributed by atoms with Crippen LogP contribution in [-0.2, 0) is 19.5 Å². The Morgan fingerprint density at radius 3 is 2.67 bits per heavy atom. The molecule has 7 nitrogen and oxygen atoms in total. The van der Waals surface area contributed by atoms with Crippen molar-refractivity contribution in [3.8, 4) is 0 Å². The first-order valence-electron chi connectivity index (χ1n) is 4.15. The van der Waals surface area contributed by atoms with Gasteiger partial charge in [0.2, 0.25) is 0 Å². The number of aromatic nitrogens is 2. The van der Waals surface area contributed by atoms with Crippen LogP contribution >= 0.6 is 0 Å². The number of hydrogen-bond acceptors (Lipinski definition) is 5. The lowest BCUT2D eigenvalue weighted by molar-refractivity contribution is -0.0960. The maximum Gasteiger partial charge on any atom is 0.257 e. The van der Waals surface area contributed by atoms with E-state index < -0.39 is 16.3 Å². The summed E-state index contributed by atoms with van der Waals surface area (Å²) in [6, 6.07) is 1.36. The smallest absolute Gasteiger partial charge is 0.257 e. The fraction of sp³-hybridized carbons (Fsp3) is 0.571. The monoisotopic (exact) mass is 235 g/mol. The number of aromatic amines is 1. The van der Waals surface area contributed by atoms with Gasteiger partial charge in [-0.2, -0.15) is 5.10 Å². The lowest BCUT2D eigenvalue weighted by atomic mass is 10.6. The molecule has 8 heteroatoms. The molecule has 15 heavy (non-hydrogen) atoms. The SMILES string of the molecule is COC(CNS(=O)(=O)c1ccn[nH]1)OC. The van der Waals surface area contributed by atoms with Gasteiger partial charge in [-0.15, -0.1) is 0 Å². The molecular formula is C7H13N3O4S. The number of nitrogens with zero attached hydrogens (tertiary/aromatic N) is 1. The van der Waals surface area contributed by atoms with E-state index in [0.29, 0.717) is 0 Å². The minimum Gasteiger partial charge on any atom is -0.355 e. The molecule has 0 unspecified atom stereocenters. The Morgan fingerprint density at radius 1 is 1.53 bits per heavy atom. The van der Waals surface area contributed by atoms with Gasteiger partial charge in [0.25, 0.3) is 10.0 Å². The molecule has 0 radical (unpaired) electrons. The van der Waals surface area contributed by atoms with Gasteiger partial charge in [-0.1, -0.05) is 0 Å². The third kappa shape index (κ3) is 3.27. The summed E-state index contributed by atoms with van der Waals surface area (Å²) in [5.41, 5.74) is 0. The molecule has 0 aliphatic rings. The number of hydrogen-bond donors (Lipinski definition) is 2. The highest BCUT2D eigenvalue weighted by atomic mass is 32.2. The van der Waals surface area contributed by atoms with Crippen molar-refractivity contribution in [1.29, 1.82) is 0 Å². The summed E-state index contributed by atoms with van der Waals surface area (Å²) in [4.78, 5) is 0. The van der Waals surface area contributed by atoms with E-state index in [2.05, 4.69) is 14.9 Å². The maximum absolute atomic E-state index is 11.5. The van der Waals surface area contributed by atoms with E-state index >= 15 is 0 Å². The molecule has 1 heterocycles. The number of methoxy groups -OCH3 is 2. The molecular weight excluding hydrogens is 222 g/mol. The summed E-state index contributed by atoms with van der Waals surface area (Å²) in [5.74, 6) is 0. The van der Waals surface area contributed by atoms with Gasteiger partial charge in [-0.05, 0) is 6.07 Å². The van der Waals surface area contributed by atoms with Crippen LogP contribution in [0.15, 0.2) is 17.3 Å². The van der Waals surface area contributed by atoms with E-state index in [1.54, 1.807) is 0 Å². The van der Waals surface area contributed by atoms with Crippen LogP contribution in [0, 0.1) is 0 Å². The molecule has 0 spiro atoms. The first-order chi connectivity index (χ1) is 7.10. The van der Waals surface area contributed by atoms with E-state index in [0.717, 1.165) is 0 Å². The highest BCUT2D eigenvalue weighted by Crippen LogP contribution is 2.02. The van der Waals surface area contributed by atoms with Gasteiger partial charge in [0.05, 0.1) is 12.7 Å². The van der Waals surface area contributed by atoms with Crippen molar-refractivity contribution in [1.82, 2.24) is 14.9 Å². The van der Waals surface area contributed by atoms with Crippen molar-refractivity contribution in [3.63, 3.8) is 0 Å². The first-order valence-corrected chi connectivity index (χ1v) is 5.63. The number of nitrogens with one attached hydrogen (secondary N) is 2. The Balaban J connectivity index is 2.59. The molecule has 0 aromatic carbocycles. The molecule has 2 N–H and O–H groups in total. The summed E-state index contributed by atoms with van der Waals surface area (Å²) < 4.78 is 35.1. The Bertz CT molecular complexity index is 371. The molecule has 0 aliphatic heterocycles. The number of sulfonamides is 1. The highest BCUT2D eigenvalue weighted by molar-refractivity contribution is 7.89. The largest absolute Gasteiger partial charge is 0.355 e. The predicted octanol–water partition coefficient (Wildman–Crippen LogP) is -0.693. The second-order valence-corrected chi connectivity index (χ2v) is 4.41. The zero-order valence-corrected chi connectivity index (χ0v) is 9.24. The van der Waals surface area contributed by atoms with Crippen LogP contribution in [0.5, 0.6) is 0 Å². The van der Waals surface area contributed by atoms with Gasteiger partial charge in [-0.25, -0.2) is 13.1 Å². The quantitative estimate of drug-likeness (QED) is 0.636. The van der Waals surface area contributed by atoms with Gasteiger partial charge in [-0.3, -0.25) is 5.10 Å². The third-order valence-electron chi connectivity index (χ3n) is 1.73. The number of H-pyrrole nitrogens is 1. The van der Waals surface area contributed by atoms with Crippen molar-refractivity contribution < 1.29 is 17.9 Å². The number of rotatable bonds is 6. The van der Waals surface area contributed by atoms with Crippen molar-refractivity contribution in [2.24, 2.45) is 0 Å². The fourth-order valence-electron chi connectivity index (χ4n) is 0.911. The lowest BCUT2D eigenvalue weighted by Gasteiger charge is -2.13. The second-order valence-electron chi connectivity index (χ2n) is 2.67. The van der Waals surface area contributed by atoms with E-state index in [-0.39, 0.29) is 11.6 Å². The highest BCUT2D eigenvalue weighted by Gasteiger charge is 2.17. The minimum absolute atomic E-state index is 0.00783. The van der Waals surface area contributed by atoms with E-state index in [9.17, 15) is 8.42 Å². The summed E-state index contributed by atoms with van der Waals surface area (Å²) in [6.45, 7) is 0.0361. The van der Waals surface area contributed by atoms with E-state index in [1.807, 2.05) is 0 Å². The van der Waals surface area contributed by atoms with Crippen LogP contribution in [0.1, 0.15) is 0 Å². The molecule has 0 saturated carbocycles. The Labute approximate surface area is 87.8 Å². The minimum atomic E-state index is -3.56. The van der Waals surface area contributed by atoms with Crippen LogP contribution in [-0.4, -0.2) is 45.7 Å². The molecule has 1 aromatic rings. The molecule has 0 atom stereocenters. The van der Waals surface area contributed by atoms with Crippen molar-refractivity contribution in [3.05, 3.63) is 12.3 Å². The summed E-state index contributed by atoms with van der Waals surface area (Å²) in [6.07, 6.45) is 0.751. The molecule has 0 saturated heterocycles. The van der Waals surface area contributed by atoms with Gasteiger partial charge in [0.15, 0.2) is 11.3 Å². The average Bonchev–Trinajstić information content (AvgIpc) is 2.72. The first kappa shape index (κ1) is 12.1. The molecule has 0 amide bonds. The van der Waals surface area contributed by atoms with Crippen LogP contribution in [0.3, 0.4) is 0 Å². The summed E-state index contributed by atoms with van der Waals surface area (Å²) >= 11 is 0. The van der Waals surface area contributed by atoms with Crippen molar-refractivity contribution >= 4 is 10.0 Å². The topological polar surface area (TPSA) is 93.3 Å². The van der Waals surface area contributed by atoms with Crippen LogP contribution in [0.4, 0.5) is 0 Å². The standard InChI is InChI=1S/C7H13N3O4S/c1-13-7(14-2)5-9-15(11,12)6-3-4-8-10-6/h3-4,7,9H,5H2,1-2H3,(H,8,10). The molecule has 0 fully saturated rings. The van der Waals surface area contributed by atoms with E-state index in [1.165, 1.54) is 26.5 Å². The van der Waals surface area contributed by atoms with Gasteiger partial charge >= 0.3 is 0 Å². The third-order valence-corrected chi connectivity index (χ3v) is 3.08. The van der Waals surface area contributed by atoms with E-state index in [4.69, 9.17) is 9.47 Å². The molecule has 1 aromatic heterocycles. The van der Waals surface area contributed by atoms with Crippen LogP contribution in [0.2, 0.25) is 0 Å². The Morgan fingerprint density at radius 2 is 2.20 bits per heavy atom. The van der Waals surface area contributed by atoms with Gasteiger partial charge in [0.1, 0.15) is 0 Å². The normalized spacial score (nSPS) is 12.2. The predicted molar refractivity (Wildman–Crippen MR) is 51.6 cm³/mol. The zero-order chi connectivity index (χ0) is 11.3. The molecule has 86 valence electrons. The lowest BCUT2D eigenvalue weighted by Crippen LogP contribution is -2.34. The van der Waals surface area contributed by atoms with Crippen molar-refractivity contribution in [2.75, 3.05) is 20.8 Å². The summed E-state index contributed by atoms with van der Waals surface area (Å²) in [5, 5.41) is 5.91. The van der Waals surface area contributed by atoms with Gasteiger partial charge in [0, 0.05) is 14.2 Å². The molecule has 0 bridgehead atoms. The molecule has 0 aliphatic carbocycles. The second kappa shape index (κ2) is 5.21. The van der Waals surface area contributed by atoms with Crippen molar-refractivity contribution in [2.45, 2.75) is 11.3 Å². The van der Waals surface area contributed by atoms with Crippen LogP contribution < -0.4 is 4.72 Å². The maximum atomic E-state index is 11.5. The average molecular weight is 235 g/mol. The number of ether oxygens (including phenoxy) is 2. The Kier molecular flexibility index (Phi) is 4.21. The fourth-order valence-corrected chi connectivity index (χ4v) is 1.84. The van der Waals surface area contributed by atoms with Gasteiger partial charge < -0.3 is 9.47 Å². The zero-order valence-electron chi connectivity index (χ0n) is 8.43.